The van der Waals surface area contributed by atoms with E-state index in [1.165, 1.54) is 16.9 Å². The van der Waals surface area contributed by atoms with Crippen LogP contribution in [0.2, 0.25) is 5.02 Å². The number of ketones is 1. The summed E-state index contributed by atoms with van der Waals surface area (Å²) in [5, 5.41) is 11.7. The van der Waals surface area contributed by atoms with Gasteiger partial charge in [0.2, 0.25) is 0 Å². The normalized spacial score (nSPS) is 20.6. The van der Waals surface area contributed by atoms with Crippen LogP contribution in [-0.2, 0) is 14.3 Å². The molecule has 2 aliphatic rings. The van der Waals surface area contributed by atoms with Crippen LogP contribution in [0.25, 0.3) is 5.76 Å². The average Bonchev–Trinajstić information content (AvgIpc) is 3.12. The Kier molecular flexibility index (Phi) is 7.41. The maximum atomic E-state index is 13.2. The summed E-state index contributed by atoms with van der Waals surface area (Å²) in [7, 11) is 3.06. The van der Waals surface area contributed by atoms with Crippen molar-refractivity contribution >= 4 is 29.1 Å². The Labute approximate surface area is 203 Å². The number of amides is 1. The molecular weight excluding hydrogens is 460 g/mol. The molecule has 1 amide bonds. The third-order valence-corrected chi connectivity index (χ3v) is 6.55. The van der Waals surface area contributed by atoms with Gasteiger partial charge in [-0.15, -0.1) is 0 Å². The molecule has 8 nitrogen and oxygen atoms in total. The Bertz CT molecular complexity index is 1100. The predicted molar refractivity (Wildman–Crippen MR) is 126 cm³/mol. The smallest absolute Gasteiger partial charge is 0.295 e. The van der Waals surface area contributed by atoms with Gasteiger partial charge >= 0.3 is 0 Å². The van der Waals surface area contributed by atoms with Gasteiger partial charge in [-0.3, -0.25) is 9.59 Å². The van der Waals surface area contributed by atoms with Crippen molar-refractivity contribution in [3.8, 4) is 11.5 Å². The van der Waals surface area contributed by atoms with Gasteiger partial charge in [0, 0.05) is 22.2 Å². The second-order valence-electron chi connectivity index (χ2n) is 8.22. The molecule has 0 aliphatic carbocycles. The van der Waals surface area contributed by atoms with Crippen LogP contribution in [0.5, 0.6) is 11.5 Å². The number of carbonyl (C=O) groups is 2. The monoisotopic (exact) mass is 487 g/mol. The van der Waals surface area contributed by atoms with E-state index in [4.69, 9.17) is 25.8 Å². The maximum absolute atomic E-state index is 13.2. The van der Waals surface area contributed by atoms with E-state index in [1.54, 1.807) is 49.6 Å². The second kappa shape index (κ2) is 10.5. The molecule has 2 aliphatic heterocycles. The van der Waals surface area contributed by atoms with Gasteiger partial charge in [0.25, 0.3) is 11.7 Å². The number of halogens is 1. The number of aliphatic hydroxyl groups excluding tert-OH is 1. The average molecular weight is 488 g/mol. The first-order chi connectivity index (χ1) is 16.4. The lowest BCUT2D eigenvalue weighted by molar-refractivity contribution is -0.907. The van der Waals surface area contributed by atoms with Gasteiger partial charge in [0.05, 0.1) is 52.1 Å². The van der Waals surface area contributed by atoms with Gasteiger partial charge < -0.3 is 29.1 Å². The number of quaternary nitrogens is 1. The van der Waals surface area contributed by atoms with E-state index in [-0.39, 0.29) is 11.3 Å². The van der Waals surface area contributed by atoms with Crippen molar-refractivity contribution in [3.05, 3.63) is 64.2 Å². The molecule has 2 aromatic carbocycles. The Hall–Kier alpha value is -3.07. The van der Waals surface area contributed by atoms with Crippen molar-refractivity contribution in [1.29, 1.82) is 0 Å². The van der Waals surface area contributed by atoms with Crippen LogP contribution in [0.15, 0.2) is 48.0 Å². The van der Waals surface area contributed by atoms with Crippen LogP contribution in [-0.4, -0.2) is 75.3 Å². The molecule has 0 spiro atoms. The number of ether oxygens (including phenoxy) is 3. The summed E-state index contributed by atoms with van der Waals surface area (Å²) in [5.74, 6) is -0.595. The fourth-order valence-corrected chi connectivity index (χ4v) is 4.56. The molecule has 2 heterocycles. The van der Waals surface area contributed by atoms with Crippen molar-refractivity contribution in [3.63, 3.8) is 0 Å². The molecule has 2 aromatic rings. The van der Waals surface area contributed by atoms with Crippen LogP contribution >= 0.6 is 11.6 Å². The molecule has 180 valence electrons. The lowest BCUT2D eigenvalue weighted by Gasteiger charge is -2.29. The fourth-order valence-electron chi connectivity index (χ4n) is 4.43. The molecule has 0 bridgehead atoms. The molecule has 2 fully saturated rings. The molecule has 1 atom stereocenters. The van der Waals surface area contributed by atoms with Gasteiger partial charge in [-0.1, -0.05) is 11.6 Å². The van der Waals surface area contributed by atoms with E-state index >= 15 is 0 Å². The van der Waals surface area contributed by atoms with Crippen molar-refractivity contribution in [2.75, 3.05) is 53.6 Å². The standard InChI is InChI=1S/C25H27ClN2O6/c1-32-18-7-8-19(20(15-18)33-2)22-21(23(29)16-3-5-17(26)6-4-16)24(30)25(31)28(22)10-9-27-11-13-34-14-12-27/h3-8,15,22,29H,9-14H2,1-2H3/p+1/b23-21-/t22-/m0/s1. The van der Waals surface area contributed by atoms with Gasteiger partial charge in [-0.25, -0.2) is 0 Å². The molecule has 9 heteroatoms. The van der Waals surface area contributed by atoms with Crippen LogP contribution in [0.1, 0.15) is 17.2 Å². The maximum Gasteiger partial charge on any atom is 0.295 e. The zero-order valence-electron chi connectivity index (χ0n) is 19.2. The number of methoxy groups -OCH3 is 2. The first-order valence-electron chi connectivity index (χ1n) is 11.1. The highest BCUT2D eigenvalue weighted by Gasteiger charge is 2.47. The van der Waals surface area contributed by atoms with E-state index in [9.17, 15) is 14.7 Å². The number of Topliss-reactive ketones (excluding diaryl/α,β-unsaturated/α-hetero) is 1. The minimum Gasteiger partial charge on any atom is -0.507 e. The fraction of sp³-hybridized carbons (Fsp3) is 0.360. The summed E-state index contributed by atoms with van der Waals surface area (Å²) < 4.78 is 16.3. The Balaban J connectivity index is 1.79. The number of benzene rings is 2. The van der Waals surface area contributed by atoms with Crippen molar-refractivity contribution in [2.24, 2.45) is 0 Å². The Morgan fingerprint density at radius 3 is 2.47 bits per heavy atom. The summed E-state index contributed by atoms with van der Waals surface area (Å²) in [6.45, 7) is 4.01. The third-order valence-electron chi connectivity index (χ3n) is 6.30. The lowest BCUT2D eigenvalue weighted by atomic mass is 9.94. The first-order valence-corrected chi connectivity index (χ1v) is 11.5. The number of hydrogen-bond donors (Lipinski definition) is 2. The third kappa shape index (κ3) is 4.75. The molecular formula is C25H28ClN2O6+. The molecule has 4 rings (SSSR count). The van der Waals surface area contributed by atoms with Crippen molar-refractivity contribution in [1.82, 2.24) is 4.90 Å². The number of aliphatic hydroxyl groups is 1. The first kappa shape index (κ1) is 24.1. The van der Waals surface area contributed by atoms with Crippen LogP contribution in [0.3, 0.4) is 0 Å². The van der Waals surface area contributed by atoms with Crippen LogP contribution in [0, 0.1) is 0 Å². The zero-order chi connectivity index (χ0) is 24.2. The summed E-state index contributed by atoms with van der Waals surface area (Å²) in [4.78, 5) is 29.2. The molecule has 0 saturated carbocycles. The zero-order valence-corrected chi connectivity index (χ0v) is 19.9. The number of nitrogens with zero attached hydrogens (tertiary/aromatic N) is 1. The predicted octanol–water partition coefficient (Wildman–Crippen LogP) is 1.69. The number of carbonyl (C=O) groups excluding carboxylic acids is 2. The minimum absolute atomic E-state index is 0.0211. The van der Waals surface area contributed by atoms with E-state index in [0.717, 1.165) is 13.1 Å². The molecule has 34 heavy (non-hydrogen) atoms. The van der Waals surface area contributed by atoms with Crippen molar-refractivity contribution in [2.45, 2.75) is 6.04 Å². The number of hydrogen-bond acceptors (Lipinski definition) is 6. The SMILES string of the molecule is COc1ccc([C@H]2/C(=C(/O)c3ccc(Cl)cc3)C(=O)C(=O)N2CC[NH+]2CCOCC2)c(OC)c1. The number of likely N-dealkylation sites (tertiary alicyclic amines) is 1. The number of morpholine rings is 1. The van der Waals surface area contributed by atoms with Crippen LogP contribution in [0.4, 0.5) is 0 Å². The minimum atomic E-state index is -0.808. The summed E-state index contributed by atoms with van der Waals surface area (Å²) >= 11 is 5.99. The Morgan fingerprint density at radius 2 is 1.82 bits per heavy atom. The lowest BCUT2D eigenvalue weighted by Crippen LogP contribution is -3.14. The molecule has 2 N–H and O–H groups in total. The quantitative estimate of drug-likeness (QED) is 0.351. The molecule has 0 aromatic heterocycles. The topological polar surface area (TPSA) is 89.7 Å². The largest absolute Gasteiger partial charge is 0.507 e. The highest BCUT2D eigenvalue weighted by Crippen LogP contribution is 2.43. The summed E-state index contributed by atoms with van der Waals surface area (Å²) in [6.07, 6.45) is 0. The Morgan fingerprint density at radius 1 is 1.12 bits per heavy atom. The molecule has 0 unspecified atom stereocenters. The van der Waals surface area contributed by atoms with E-state index in [1.807, 2.05) is 0 Å². The van der Waals surface area contributed by atoms with Gasteiger partial charge in [-0.2, -0.15) is 0 Å². The van der Waals surface area contributed by atoms with E-state index < -0.39 is 17.7 Å². The highest BCUT2D eigenvalue weighted by atomic mass is 35.5. The van der Waals surface area contributed by atoms with Gasteiger partial charge in [0.1, 0.15) is 30.3 Å². The second-order valence-corrected chi connectivity index (χ2v) is 8.66. The summed E-state index contributed by atoms with van der Waals surface area (Å²) in [6, 6.07) is 10.9. The number of rotatable bonds is 7. The number of nitrogens with one attached hydrogen (secondary N) is 1. The highest BCUT2D eigenvalue weighted by molar-refractivity contribution is 6.46. The van der Waals surface area contributed by atoms with Gasteiger partial charge in [0.15, 0.2) is 0 Å². The van der Waals surface area contributed by atoms with E-state index in [2.05, 4.69) is 0 Å². The van der Waals surface area contributed by atoms with Gasteiger partial charge in [-0.05, 0) is 36.4 Å². The van der Waals surface area contributed by atoms with Crippen molar-refractivity contribution < 1.29 is 33.8 Å². The van der Waals surface area contributed by atoms with E-state index in [0.29, 0.717) is 54.0 Å². The summed E-state index contributed by atoms with van der Waals surface area (Å²) in [5.41, 5.74) is 1.02. The van der Waals surface area contributed by atoms with Crippen LogP contribution < -0.4 is 14.4 Å². The molecule has 2 saturated heterocycles. The molecule has 0 radical (unpaired) electrons.